The first kappa shape index (κ1) is 31.7. The molecule has 0 aromatic heterocycles. The van der Waals surface area contributed by atoms with Gasteiger partial charge < -0.3 is 9.64 Å². The summed E-state index contributed by atoms with van der Waals surface area (Å²) in [7, 11) is 0. The lowest BCUT2D eigenvalue weighted by molar-refractivity contribution is 0.270. The third-order valence-electron chi connectivity index (χ3n) is 12.8. The molecule has 0 amide bonds. The van der Waals surface area contributed by atoms with Gasteiger partial charge in [-0.25, -0.2) is 0 Å². The van der Waals surface area contributed by atoms with Crippen molar-refractivity contribution in [3.8, 4) is 16.9 Å². The lowest BCUT2D eigenvalue weighted by Gasteiger charge is -2.28. The zero-order chi connectivity index (χ0) is 37.9. The standard InChI is InChI=1S/C56H35NO/c1-3-13-42(14-4-1)57(43-15-5-2-6-16-43)50-33-41(45-27-22-39-20-18-35-10-8-12-37-24-29-47(45)55(39)53(35)37)32-49-48-31-40(25-30-51(48)58-56(49)50)44-26-21-38-19-17-34-9-7-11-36-23-28-46(44)54(38)52(34)36/h1-33,48,51H. The number of hydrogen-bond acceptors (Lipinski definition) is 2. The highest BCUT2D eigenvalue weighted by Gasteiger charge is 2.38. The summed E-state index contributed by atoms with van der Waals surface area (Å²) < 4.78 is 7.13. The first-order valence-corrected chi connectivity index (χ1v) is 20.2. The number of hydrogen-bond donors (Lipinski definition) is 0. The highest BCUT2D eigenvalue weighted by atomic mass is 16.5. The van der Waals surface area contributed by atoms with Crippen LogP contribution in [0, 0.1) is 0 Å². The molecular weight excluding hydrogens is 703 g/mol. The van der Waals surface area contributed by atoms with Crippen molar-refractivity contribution in [1.29, 1.82) is 0 Å². The van der Waals surface area contributed by atoms with Gasteiger partial charge in [-0.3, -0.25) is 0 Å². The zero-order valence-electron chi connectivity index (χ0n) is 31.6. The fourth-order valence-corrected chi connectivity index (χ4v) is 10.2. The molecule has 58 heavy (non-hydrogen) atoms. The SMILES string of the molecule is C1=CC2Oc3c(cc(-c4ccc5ccc6cccc7ccc4c5c67)cc3N(c3ccccc3)c3ccccc3)C2C=C1c1ccc2ccc3cccc4ccc1c2c34. The monoisotopic (exact) mass is 737 g/mol. The Kier molecular flexibility index (Phi) is 6.59. The molecule has 2 atom stereocenters. The maximum absolute atomic E-state index is 7.13. The van der Waals surface area contributed by atoms with Crippen LogP contribution < -0.4 is 9.64 Å². The van der Waals surface area contributed by atoms with E-state index >= 15 is 0 Å². The number of rotatable bonds is 5. The maximum atomic E-state index is 7.13. The Morgan fingerprint density at radius 3 is 1.52 bits per heavy atom. The van der Waals surface area contributed by atoms with E-state index in [1.54, 1.807) is 0 Å². The second-order valence-electron chi connectivity index (χ2n) is 15.9. The van der Waals surface area contributed by atoms with Crippen molar-refractivity contribution in [3.63, 3.8) is 0 Å². The van der Waals surface area contributed by atoms with Crippen LogP contribution in [0.25, 0.3) is 81.3 Å². The molecule has 0 radical (unpaired) electrons. The molecule has 1 heterocycles. The van der Waals surface area contributed by atoms with E-state index in [0.29, 0.717) is 0 Å². The number of allylic oxidation sites excluding steroid dienone is 2. The van der Waals surface area contributed by atoms with Crippen molar-refractivity contribution in [2.45, 2.75) is 12.0 Å². The number of anilines is 3. The van der Waals surface area contributed by atoms with Gasteiger partial charge in [-0.1, -0.05) is 158 Å². The predicted molar refractivity (Wildman–Crippen MR) is 245 cm³/mol. The summed E-state index contributed by atoms with van der Waals surface area (Å²) in [5.41, 5.74) is 9.31. The molecule has 1 aliphatic heterocycles. The Balaban J connectivity index is 1.06. The van der Waals surface area contributed by atoms with Crippen LogP contribution in [0.5, 0.6) is 5.75 Å². The van der Waals surface area contributed by atoms with Gasteiger partial charge in [-0.2, -0.15) is 0 Å². The molecule has 11 aromatic rings. The van der Waals surface area contributed by atoms with Gasteiger partial charge in [0.05, 0.1) is 5.69 Å². The van der Waals surface area contributed by atoms with Gasteiger partial charge in [-0.05, 0) is 129 Å². The molecule has 0 N–H and O–H groups in total. The Morgan fingerprint density at radius 2 is 0.931 bits per heavy atom. The van der Waals surface area contributed by atoms with Crippen LogP contribution in [-0.2, 0) is 0 Å². The quantitative estimate of drug-likeness (QED) is 0.163. The van der Waals surface area contributed by atoms with E-state index in [4.69, 9.17) is 4.74 Å². The van der Waals surface area contributed by atoms with Gasteiger partial charge in [-0.15, -0.1) is 0 Å². The Labute approximate surface area is 335 Å². The first-order chi connectivity index (χ1) is 28.7. The molecule has 0 saturated heterocycles. The third-order valence-corrected chi connectivity index (χ3v) is 12.8. The Hall–Kier alpha value is -7.42. The molecule has 2 heteroatoms. The topological polar surface area (TPSA) is 12.5 Å². The number of fused-ring (bicyclic) bond motifs is 3. The molecule has 11 aromatic carbocycles. The number of ether oxygens (including phenoxy) is 1. The molecule has 1 aliphatic carbocycles. The molecule has 2 nitrogen and oxygen atoms in total. The summed E-state index contributed by atoms with van der Waals surface area (Å²) >= 11 is 0. The molecular formula is C56H35NO. The van der Waals surface area contributed by atoms with Crippen LogP contribution in [0.1, 0.15) is 17.0 Å². The zero-order valence-corrected chi connectivity index (χ0v) is 31.6. The summed E-state index contributed by atoms with van der Waals surface area (Å²) in [6.45, 7) is 0. The fraction of sp³-hybridized carbons (Fsp3) is 0.0357. The van der Waals surface area contributed by atoms with Crippen LogP contribution in [0.3, 0.4) is 0 Å². The lowest BCUT2D eigenvalue weighted by atomic mass is 9.83. The van der Waals surface area contributed by atoms with Crippen LogP contribution in [0.15, 0.2) is 200 Å². The summed E-state index contributed by atoms with van der Waals surface area (Å²) in [6, 6.07) is 66.9. The number of para-hydroxylation sites is 2. The van der Waals surface area contributed by atoms with Gasteiger partial charge in [0, 0.05) is 22.9 Å². The molecule has 2 unspecified atom stereocenters. The minimum Gasteiger partial charge on any atom is -0.483 e. The summed E-state index contributed by atoms with van der Waals surface area (Å²) in [5, 5.41) is 15.6. The van der Waals surface area contributed by atoms with E-state index in [1.807, 2.05) is 0 Å². The molecule has 13 rings (SSSR count). The Bertz CT molecular complexity index is 3420. The van der Waals surface area contributed by atoms with Crippen LogP contribution >= 0.6 is 0 Å². The van der Waals surface area contributed by atoms with E-state index in [1.165, 1.54) is 92.5 Å². The van der Waals surface area contributed by atoms with Crippen LogP contribution in [-0.4, -0.2) is 6.10 Å². The minimum atomic E-state index is -0.123. The normalized spacial score (nSPS) is 16.1. The van der Waals surface area contributed by atoms with E-state index in [0.717, 1.165) is 22.8 Å². The van der Waals surface area contributed by atoms with E-state index in [9.17, 15) is 0 Å². The largest absolute Gasteiger partial charge is 0.483 e. The van der Waals surface area contributed by atoms with Crippen molar-refractivity contribution in [2.75, 3.05) is 4.90 Å². The first-order valence-electron chi connectivity index (χ1n) is 20.2. The molecule has 0 bridgehead atoms. The van der Waals surface area contributed by atoms with Crippen LogP contribution in [0.4, 0.5) is 17.1 Å². The van der Waals surface area contributed by atoms with E-state index in [-0.39, 0.29) is 12.0 Å². The summed E-state index contributed by atoms with van der Waals surface area (Å²) in [4.78, 5) is 2.37. The molecule has 0 fully saturated rings. The van der Waals surface area contributed by atoms with Crippen molar-refractivity contribution in [3.05, 3.63) is 211 Å². The molecule has 270 valence electrons. The van der Waals surface area contributed by atoms with Crippen molar-refractivity contribution >= 4 is 87.3 Å². The molecule has 0 spiro atoms. The maximum Gasteiger partial charge on any atom is 0.148 e. The molecule has 2 aliphatic rings. The van der Waals surface area contributed by atoms with Crippen molar-refractivity contribution < 1.29 is 4.74 Å². The fourth-order valence-electron chi connectivity index (χ4n) is 10.2. The van der Waals surface area contributed by atoms with Gasteiger partial charge in [0.1, 0.15) is 11.9 Å². The highest BCUT2D eigenvalue weighted by Crippen LogP contribution is 2.54. The average molecular weight is 738 g/mol. The molecule has 0 saturated carbocycles. The second kappa shape index (κ2) is 12.0. The lowest BCUT2D eigenvalue weighted by Crippen LogP contribution is -2.17. The predicted octanol–water partition coefficient (Wildman–Crippen LogP) is 15.1. The Morgan fingerprint density at radius 1 is 0.431 bits per heavy atom. The number of nitrogens with zero attached hydrogens (tertiary/aromatic N) is 1. The van der Waals surface area contributed by atoms with Gasteiger partial charge in [0.15, 0.2) is 0 Å². The summed E-state index contributed by atoms with van der Waals surface area (Å²) in [5.74, 6) is 0.960. The highest BCUT2D eigenvalue weighted by molar-refractivity contribution is 6.26. The summed E-state index contributed by atoms with van der Waals surface area (Å²) in [6.07, 6.45) is 6.91. The van der Waals surface area contributed by atoms with Crippen molar-refractivity contribution in [1.82, 2.24) is 0 Å². The van der Waals surface area contributed by atoms with Gasteiger partial charge >= 0.3 is 0 Å². The smallest absolute Gasteiger partial charge is 0.148 e. The average Bonchev–Trinajstić information content (AvgIpc) is 3.66. The van der Waals surface area contributed by atoms with Crippen LogP contribution in [0.2, 0.25) is 0 Å². The van der Waals surface area contributed by atoms with E-state index < -0.39 is 0 Å². The second-order valence-corrected chi connectivity index (χ2v) is 15.9. The third kappa shape index (κ3) is 4.54. The number of benzene rings is 11. The van der Waals surface area contributed by atoms with Gasteiger partial charge in [0.25, 0.3) is 0 Å². The minimum absolute atomic E-state index is 0.0282. The van der Waals surface area contributed by atoms with E-state index in [2.05, 4.69) is 205 Å². The van der Waals surface area contributed by atoms with Crippen molar-refractivity contribution in [2.24, 2.45) is 0 Å². The van der Waals surface area contributed by atoms with Gasteiger partial charge in [0.2, 0.25) is 0 Å².